The number of esters is 1. The molecular formula is C20H21ClN4O4. The van der Waals surface area contributed by atoms with Crippen LogP contribution in [0.15, 0.2) is 30.0 Å². The smallest absolute Gasteiger partial charge is 0.412 e. The van der Waals surface area contributed by atoms with E-state index in [1.165, 1.54) is 4.68 Å². The first kappa shape index (κ1) is 19.4. The van der Waals surface area contributed by atoms with Gasteiger partial charge in [-0.2, -0.15) is 5.10 Å². The number of ether oxygens (including phenoxy) is 2. The Hall–Kier alpha value is -2.87. The fourth-order valence-corrected chi connectivity index (χ4v) is 3.93. The molecule has 2 aromatic rings. The van der Waals surface area contributed by atoms with E-state index in [9.17, 15) is 9.59 Å². The molecule has 1 amide bonds. The second kappa shape index (κ2) is 7.51. The maximum Gasteiger partial charge on any atom is 0.412 e. The number of aromatic nitrogens is 3. The highest BCUT2D eigenvalue weighted by Gasteiger charge is 2.53. The highest BCUT2D eigenvalue weighted by Crippen LogP contribution is 2.48. The highest BCUT2D eigenvalue weighted by atomic mass is 35.5. The first-order valence-corrected chi connectivity index (χ1v) is 9.92. The van der Waals surface area contributed by atoms with Crippen LogP contribution in [0.3, 0.4) is 0 Å². The first-order valence-electron chi connectivity index (χ1n) is 9.54. The molecule has 1 aromatic carbocycles. The molecule has 152 valence electrons. The fourth-order valence-electron chi connectivity index (χ4n) is 3.80. The lowest BCUT2D eigenvalue weighted by molar-refractivity contribution is -0.146. The molecule has 1 aliphatic carbocycles. The van der Waals surface area contributed by atoms with Crippen LogP contribution in [0.25, 0.3) is 17.0 Å². The quantitative estimate of drug-likeness (QED) is 0.767. The predicted molar refractivity (Wildman–Crippen MR) is 106 cm³/mol. The number of nitrogens with zero attached hydrogens (tertiary/aromatic N) is 3. The summed E-state index contributed by atoms with van der Waals surface area (Å²) in [5.41, 5.74) is -0.0116. The Labute approximate surface area is 172 Å². The second-order valence-corrected chi connectivity index (χ2v) is 7.54. The summed E-state index contributed by atoms with van der Waals surface area (Å²) in [5.74, 6) is 0.403. The molecule has 2 heterocycles. The number of amides is 1. The molecule has 29 heavy (non-hydrogen) atoms. The van der Waals surface area contributed by atoms with Crippen LogP contribution >= 0.6 is 11.6 Å². The summed E-state index contributed by atoms with van der Waals surface area (Å²) in [6.45, 7) is 2.20. The van der Waals surface area contributed by atoms with Crippen LogP contribution in [0.4, 0.5) is 4.79 Å². The minimum atomic E-state index is -0.913. The van der Waals surface area contributed by atoms with Crippen LogP contribution < -0.4 is 5.32 Å². The SMILES string of the molecule is CCNC(=O)OC1=C(c2nc(-c3ccc(Cl)cc3)nn2C)C(=O)OC12CCCC2. The summed E-state index contributed by atoms with van der Waals surface area (Å²) in [5, 5.41) is 7.62. The van der Waals surface area contributed by atoms with Crippen molar-refractivity contribution in [1.82, 2.24) is 20.1 Å². The van der Waals surface area contributed by atoms with E-state index < -0.39 is 17.7 Å². The van der Waals surface area contributed by atoms with Crippen LogP contribution in [-0.4, -0.2) is 39.0 Å². The van der Waals surface area contributed by atoms with Gasteiger partial charge < -0.3 is 14.8 Å². The zero-order valence-electron chi connectivity index (χ0n) is 16.2. The third-order valence-corrected chi connectivity index (χ3v) is 5.40. The highest BCUT2D eigenvalue weighted by molar-refractivity contribution is 6.30. The van der Waals surface area contributed by atoms with Gasteiger partial charge in [-0.3, -0.25) is 0 Å². The van der Waals surface area contributed by atoms with Crippen LogP contribution in [0.2, 0.25) is 5.02 Å². The Morgan fingerprint density at radius 3 is 2.66 bits per heavy atom. The Morgan fingerprint density at radius 2 is 2.00 bits per heavy atom. The number of hydrogen-bond acceptors (Lipinski definition) is 6. The van der Waals surface area contributed by atoms with E-state index in [0.717, 1.165) is 18.4 Å². The number of carbonyl (C=O) groups excluding carboxylic acids is 2. The van der Waals surface area contributed by atoms with Crippen molar-refractivity contribution < 1.29 is 19.1 Å². The Kier molecular flexibility index (Phi) is 5.04. The van der Waals surface area contributed by atoms with Crippen molar-refractivity contribution in [3.05, 3.63) is 40.9 Å². The van der Waals surface area contributed by atoms with Crippen molar-refractivity contribution in [2.24, 2.45) is 7.05 Å². The number of alkyl carbamates (subject to hydrolysis) is 1. The average Bonchev–Trinajstić information content (AvgIpc) is 3.36. The molecule has 1 aliphatic heterocycles. The van der Waals surface area contributed by atoms with Gasteiger partial charge in [0.2, 0.25) is 0 Å². The summed E-state index contributed by atoms with van der Waals surface area (Å²) in [6.07, 6.45) is 2.37. The lowest BCUT2D eigenvalue weighted by Gasteiger charge is -2.24. The van der Waals surface area contributed by atoms with Gasteiger partial charge >= 0.3 is 12.1 Å². The van der Waals surface area contributed by atoms with Crippen LogP contribution in [0.1, 0.15) is 38.4 Å². The Bertz CT molecular complexity index is 990. The van der Waals surface area contributed by atoms with Crippen molar-refractivity contribution in [1.29, 1.82) is 0 Å². The zero-order chi connectivity index (χ0) is 20.6. The van der Waals surface area contributed by atoms with Gasteiger partial charge in [0.1, 0.15) is 5.57 Å². The molecule has 0 saturated heterocycles. The average molecular weight is 417 g/mol. The van der Waals surface area contributed by atoms with E-state index in [1.54, 1.807) is 38.2 Å². The summed E-state index contributed by atoms with van der Waals surface area (Å²) in [4.78, 5) is 29.6. The molecule has 0 unspecified atom stereocenters. The van der Waals surface area contributed by atoms with Gasteiger partial charge in [-0.05, 0) is 56.9 Å². The molecule has 0 atom stereocenters. The molecule has 1 N–H and O–H groups in total. The summed E-state index contributed by atoms with van der Waals surface area (Å²) in [6, 6.07) is 7.08. The van der Waals surface area contributed by atoms with E-state index in [4.69, 9.17) is 21.1 Å². The molecule has 1 aromatic heterocycles. The molecule has 4 rings (SSSR count). The Balaban J connectivity index is 1.80. The van der Waals surface area contributed by atoms with E-state index in [-0.39, 0.29) is 11.3 Å². The number of hydrogen-bond donors (Lipinski definition) is 1. The van der Waals surface area contributed by atoms with E-state index in [2.05, 4.69) is 15.4 Å². The minimum absolute atomic E-state index is 0.147. The van der Waals surface area contributed by atoms with Crippen LogP contribution in [0.5, 0.6) is 0 Å². The zero-order valence-corrected chi connectivity index (χ0v) is 17.0. The number of benzene rings is 1. The number of carbonyl (C=O) groups is 2. The largest absolute Gasteiger partial charge is 0.447 e. The molecule has 9 heteroatoms. The third kappa shape index (κ3) is 3.48. The van der Waals surface area contributed by atoms with Crippen LogP contribution in [-0.2, 0) is 21.3 Å². The molecule has 2 aliphatic rings. The number of halogens is 1. The van der Waals surface area contributed by atoms with Crippen molar-refractivity contribution in [2.75, 3.05) is 6.54 Å². The van der Waals surface area contributed by atoms with Gasteiger partial charge in [0.25, 0.3) is 0 Å². The lowest BCUT2D eigenvalue weighted by atomic mass is 9.98. The number of rotatable bonds is 4. The Morgan fingerprint density at radius 1 is 1.31 bits per heavy atom. The second-order valence-electron chi connectivity index (χ2n) is 7.10. The number of nitrogens with one attached hydrogen (secondary N) is 1. The number of aryl methyl sites for hydroxylation is 1. The van der Waals surface area contributed by atoms with Crippen LogP contribution in [0, 0.1) is 0 Å². The van der Waals surface area contributed by atoms with Gasteiger partial charge in [0.05, 0.1) is 0 Å². The normalized spacial score (nSPS) is 17.7. The van der Waals surface area contributed by atoms with Crippen molar-refractivity contribution in [2.45, 2.75) is 38.2 Å². The molecule has 0 bridgehead atoms. The molecule has 1 fully saturated rings. The maximum atomic E-state index is 12.8. The lowest BCUT2D eigenvalue weighted by Crippen LogP contribution is -2.33. The molecule has 0 radical (unpaired) electrons. The molecule has 1 spiro atoms. The van der Waals surface area contributed by atoms with Gasteiger partial charge in [-0.15, -0.1) is 0 Å². The first-order chi connectivity index (χ1) is 13.9. The van der Waals surface area contributed by atoms with Gasteiger partial charge in [-0.25, -0.2) is 19.3 Å². The summed E-state index contributed by atoms with van der Waals surface area (Å²) >= 11 is 5.95. The van der Waals surface area contributed by atoms with E-state index in [0.29, 0.717) is 36.1 Å². The standard InChI is InChI=1S/C20H21ClN4O4/c1-3-22-19(27)28-15-14(18(26)29-20(15)10-4-5-11-20)17-23-16(24-25(17)2)12-6-8-13(21)9-7-12/h6-9H,3-5,10-11H2,1-2H3,(H,22,27). The monoisotopic (exact) mass is 416 g/mol. The van der Waals surface area contributed by atoms with E-state index >= 15 is 0 Å². The molecule has 8 nitrogen and oxygen atoms in total. The minimum Gasteiger partial charge on any atom is -0.447 e. The summed E-state index contributed by atoms with van der Waals surface area (Å²) in [7, 11) is 1.69. The maximum absolute atomic E-state index is 12.8. The predicted octanol–water partition coefficient (Wildman–Crippen LogP) is 3.46. The fraction of sp³-hybridized carbons (Fsp3) is 0.400. The molecule has 1 saturated carbocycles. The van der Waals surface area contributed by atoms with E-state index in [1.807, 2.05) is 0 Å². The van der Waals surface area contributed by atoms with Crippen molar-refractivity contribution >= 4 is 29.2 Å². The summed E-state index contributed by atoms with van der Waals surface area (Å²) < 4.78 is 12.8. The van der Waals surface area contributed by atoms with Crippen molar-refractivity contribution in [3.63, 3.8) is 0 Å². The van der Waals surface area contributed by atoms with Crippen molar-refractivity contribution in [3.8, 4) is 11.4 Å². The third-order valence-electron chi connectivity index (χ3n) is 5.15. The van der Waals surface area contributed by atoms with Gasteiger partial charge in [-0.1, -0.05) is 11.6 Å². The molecular weight excluding hydrogens is 396 g/mol. The topological polar surface area (TPSA) is 95.3 Å². The van der Waals surface area contributed by atoms with Gasteiger partial charge in [0.15, 0.2) is 23.0 Å². The van der Waals surface area contributed by atoms with Gasteiger partial charge in [0, 0.05) is 24.2 Å².